The molecule has 0 atom stereocenters. The number of fused-ring (bicyclic) bond motifs is 1. The zero-order chi connectivity index (χ0) is 15.4. The number of hydrogen-bond donors (Lipinski definition) is 0. The molecule has 0 radical (unpaired) electrons. The van der Waals surface area contributed by atoms with E-state index in [0.29, 0.717) is 5.69 Å². The van der Waals surface area contributed by atoms with Gasteiger partial charge in [0.05, 0.1) is 12.1 Å². The van der Waals surface area contributed by atoms with Gasteiger partial charge in [-0.25, -0.2) is 4.98 Å². The van der Waals surface area contributed by atoms with Gasteiger partial charge in [0, 0.05) is 30.9 Å². The van der Waals surface area contributed by atoms with Crippen molar-refractivity contribution in [2.75, 3.05) is 19.7 Å². The van der Waals surface area contributed by atoms with Gasteiger partial charge < -0.3 is 9.64 Å². The van der Waals surface area contributed by atoms with E-state index in [1.165, 1.54) is 24.2 Å². The minimum atomic E-state index is -0.408. The Labute approximate surface area is 132 Å². The lowest BCUT2D eigenvalue weighted by atomic mass is 10.2. The third kappa shape index (κ3) is 3.65. The SMILES string of the molecule is O=C(Cc1cn2ccsc2n1)OCC(=O)N1CCCCCC1. The number of hydrogen-bond acceptors (Lipinski definition) is 5. The predicted molar refractivity (Wildman–Crippen MR) is 82.8 cm³/mol. The van der Waals surface area contributed by atoms with Crippen LogP contribution in [0.2, 0.25) is 0 Å². The van der Waals surface area contributed by atoms with Crippen molar-refractivity contribution in [1.82, 2.24) is 14.3 Å². The van der Waals surface area contributed by atoms with Crippen LogP contribution in [0.1, 0.15) is 31.4 Å². The molecule has 2 aromatic heterocycles. The molecule has 0 bridgehead atoms. The van der Waals surface area contributed by atoms with Crippen LogP contribution >= 0.6 is 11.3 Å². The van der Waals surface area contributed by atoms with E-state index in [2.05, 4.69) is 4.98 Å². The average Bonchev–Trinajstić information content (AvgIpc) is 2.96. The fourth-order valence-corrected chi connectivity index (χ4v) is 3.33. The molecule has 3 heterocycles. The summed E-state index contributed by atoms with van der Waals surface area (Å²) < 4.78 is 6.97. The zero-order valence-corrected chi connectivity index (χ0v) is 13.2. The van der Waals surface area contributed by atoms with E-state index in [-0.39, 0.29) is 18.9 Å². The van der Waals surface area contributed by atoms with E-state index in [1.54, 1.807) is 4.90 Å². The monoisotopic (exact) mass is 321 g/mol. The molecular formula is C15H19N3O3S. The summed E-state index contributed by atoms with van der Waals surface area (Å²) in [5, 5.41) is 1.93. The topological polar surface area (TPSA) is 63.9 Å². The molecule has 0 spiro atoms. The third-order valence-electron chi connectivity index (χ3n) is 3.78. The average molecular weight is 321 g/mol. The third-order valence-corrected chi connectivity index (χ3v) is 4.55. The van der Waals surface area contributed by atoms with Gasteiger partial charge in [-0.2, -0.15) is 0 Å². The highest BCUT2D eigenvalue weighted by atomic mass is 32.1. The summed E-state index contributed by atoms with van der Waals surface area (Å²) in [4.78, 5) is 30.8. The minimum absolute atomic E-state index is 0.0962. The quantitative estimate of drug-likeness (QED) is 0.807. The van der Waals surface area contributed by atoms with Crippen LogP contribution in [0.25, 0.3) is 4.96 Å². The smallest absolute Gasteiger partial charge is 0.312 e. The molecular weight excluding hydrogens is 302 g/mol. The van der Waals surface area contributed by atoms with Gasteiger partial charge in [0.15, 0.2) is 11.6 Å². The van der Waals surface area contributed by atoms with Crippen molar-refractivity contribution in [3.8, 4) is 0 Å². The van der Waals surface area contributed by atoms with Crippen LogP contribution in [-0.4, -0.2) is 45.9 Å². The van der Waals surface area contributed by atoms with E-state index < -0.39 is 5.97 Å². The van der Waals surface area contributed by atoms with Crippen molar-refractivity contribution in [3.63, 3.8) is 0 Å². The molecule has 0 N–H and O–H groups in total. The molecule has 118 valence electrons. The number of thiazole rings is 1. The number of imidazole rings is 1. The van der Waals surface area contributed by atoms with Crippen molar-refractivity contribution in [2.24, 2.45) is 0 Å². The van der Waals surface area contributed by atoms with E-state index >= 15 is 0 Å². The standard InChI is InChI=1S/C15H19N3O3S/c19-13(17-5-3-1-2-4-6-17)11-21-14(20)9-12-10-18-7-8-22-15(18)16-12/h7-8,10H,1-6,9,11H2. The van der Waals surface area contributed by atoms with Gasteiger partial charge in [-0.1, -0.05) is 12.8 Å². The van der Waals surface area contributed by atoms with E-state index in [1.807, 2.05) is 22.2 Å². The molecule has 7 heteroatoms. The lowest BCUT2D eigenvalue weighted by molar-refractivity contribution is -0.151. The fraction of sp³-hybridized carbons (Fsp3) is 0.533. The predicted octanol–water partition coefficient (Wildman–Crippen LogP) is 1.88. The van der Waals surface area contributed by atoms with E-state index in [4.69, 9.17) is 4.74 Å². The number of likely N-dealkylation sites (tertiary alicyclic amines) is 1. The van der Waals surface area contributed by atoms with Gasteiger partial charge in [0.1, 0.15) is 0 Å². The van der Waals surface area contributed by atoms with Crippen molar-refractivity contribution in [2.45, 2.75) is 32.1 Å². The molecule has 1 amide bonds. The summed E-state index contributed by atoms with van der Waals surface area (Å²) in [6.07, 6.45) is 8.20. The maximum atomic E-state index is 12.0. The normalized spacial score (nSPS) is 15.7. The van der Waals surface area contributed by atoms with E-state index in [9.17, 15) is 9.59 Å². The molecule has 0 aromatic carbocycles. The van der Waals surface area contributed by atoms with Crippen LogP contribution in [0.4, 0.5) is 0 Å². The van der Waals surface area contributed by atoms with Crippen LogP contribution in [0.3, 0.4) is 0 Å². The Morgan fingerprint density at radius 2 is 2.00 bits per heavy atom. The van der Waals surface area contributed by atoms with Crippen LogP contribution in [0.5, 0.6) is 0 Å². The first-order valence-electron chi connectivity index (χ1n) is 7.57. The lowest BCUT2D eigenvalue weighted by Gasteiger charge is -2.19. The Bertz CT molecular complexity index is 627. The van der Waals surface area contributed by atoms with Gasteiger partial charge in [0.25, 0.3) is 5.91 Å². The number of rotatable bonds is 4. The first-order chi connectivity index (χ1) is 10.7. The number of esters is 1. The largest absolute Gasteiger partial charge is 0.455 e. The highest BCUT2D eigenvalue weighted by Gasteiger charge is 2.17. The molecule has 0 unspecified atom stereocenters. The number of nitrogens with zero attached hydrogens (tertiary/aromatic N) is 3. The summed E-state index contributed by atoms with van der Waals surface area (Å²) >= 11 is 1.51. The van der Waals surface area contributed by atoms with Crippen molar-refractivity contribution in [1.29, 1.82) is 0 Å². The lowest BCUT2D eigenvalue weighted by Crippen LogP contribution is -2.35. The van der Waals surface area contributed by atoms with Gasteiger partial charge >= 0.3 is 5.97 Å². The molecule has 2 aromatic rings. The highest BCUT2D eigenvalue weighted by molar-refractivity contribution is 7.15. The molecule has 0 saturated carbocycles. The molecule has 1 aliphatic rings. The van der Waals surface area contributed by atoms with Gasteiger partial charge in [-0.3, -0.25) is 14.0 Å². The zero-order valence-electron chi connectivity index (χ0n) is 12.4. The Morgan fingerprint density at radius 1 is 1.23 bits per heavy atom. The number of carbonyl (C=O) groups excluding carboxylic acids is 2. The Balaban J connectivity index is 1.47. The summed E-state index contributed by atoms with van der Waals surface area (Å²) in [6, 6.07) is 0. The number of ether oxygens (including phenoxy) is 1. The molecule has 0 aliphatic carbocycles. The summed E-state index contributed by atoms with van der Waals surface area (Å²) in [6.45, 7) is 1.38. The van der Waals surface area contributed by atoms with Gasteiger partial charge in [-0.05, 0) is 12.8 Å². The number of amides is 1. The molecule has 1 saturated heterocycles. The summed E-state index contributed by atoms with van der Waals surface area (Å²) in [5.74, 6) is -0.505. The Hall–Kier alpha value is -1.89. The second kappa shape index (κ2) is 6.91. The maximum absolute atomic E-state index is 12.0. The van der Waals surface area contributed by atoms with Crippen LogP contribution < -0.4 is 0 Å². The first-order valence-corrected chi connectivity index (χ1v) is 8.45. The molecule has 1 aliphatic heterocycles. The number of aromatic nitrogens is 2. The first kappa shape index (κ1) is 15.0. The Morgan fingerprint density at radius 3 is 2.73 bits per heavy atom. The molecule has 22 heavy (non-hydrogen) atoms. The van der Waals surface area contributed by atoms with Crippen molar-refractivity contribution >= 4 is 28.2 Å². The number of carbonyl (C=O) groups is 2. The molecule has 1 fully saturated rings. The highest BCUT2D eigenvalue weighted by Crippen LogP contribution is 2.12. The van der Waals surface area contributed by atoms with Crippen LogP contribution in [0.15, 0.2) is 17.8 Å². The Kier molecular flexibility index (Phi) is 4.72. The maximum Gasteiger partial charge on any atom is 0.312 e. The summed E-state index contributed by atoms with van der Waals surface area (Å²) in [7, 11) is 0. The fourth-order valence-electron chi connectivity index (χ4n) is 2.61. The van der Waals surface area contributed by atoms with Gasteiger partial charge in [-0.15, -0.1) is 11.3 Å². The van der Waals surface area contributed by atoms with E-state index in [0.717, 1.165) is 30.9 Å². The molecule has 3 rings (SSSR count). The summed E-state index contributed by atoms with van der Waals surface area (Å²) in [5.41, 5.74) is 0.666. The molecule has 6 nitrogen and oxygen atoms in total. The van der Waals surface area contributed by atoms with Gasteiger partial charge in [0.2, 0.25) is 0 Å². The second-order valence-corrected chi connectivity index (χ2v) is 6.33. The van der Waals surface area contributed by atoms with Crippen molar-refractivity contribution < 1.29 is 14.3 Å². The van der Waals surface area contributed by atoms with Crippen LogP contribution in [-0.2, 0) is 20.7 Å². The van der Waals surface area contributed by atoms with Crippen molar-refractivity contribution in [3.05, 3.63) is 23.5 Å². The second-order valence-electron chi connectivity index (χ2n) is 5.46. The minimum Gasteiger partial charge on any atom is -0.455 e. The van der Waals surface area contributed by atoms with Crippen LogP contribution in [0, 0.1) is 0 Å².